The highest BCUT2D eigenvalue weighted by molar-refractivity contribution is 6.32. The topological polar surface area (TPSA) is 76.3 Å². The minimum absolute atomic E-state index is 0.120. The number of nitrogens with one attached hydrogen (secondary N) is 1. The molecule has 3 aromatic carbocycles. The van der Waals surface area contributed by atoms with Crippen LogP contribution in [0.5, 0.6) is 5.75 Å². The highest BCUT2D eigenvalue weighted by Gasteiger charge is 2.17. The van der Waals surface area contributed by atoms with E-state index in [-0.39, 0.29) is 27.9 Å². The number of amides is 1. The molecule has 4 rings (SSSR count). The fraction of sp³-hybridized carbons (Fsp3) is 0.172. The maximum absolute atomic E-state index is 14.7. The van der Waals surface area contributed by atoms with Crippen LogP contribution in [0.3, 0.4) is 0 Å². The van der Waals surface area contributed by atoms with Crippen molar-refractivity contribution in [1.82, 2.24) is 14.5 Å². The second kappa shape index (κ2) is 10.00. The van der Waals surface area contributed by atoms with Gasteiger partial charge in [0.25, 0.3) is 0 Å². The van der Waals surface area contributed by atoms with E-state index in [1.807, 2.05) is 0 Å². The number of aromatic hydroxyl groups is 1. The van der Waals surface area contributed by atoms with Gasteiger partial charge in [0.2, 0.25) is 5.91 Å². The number of hydrogen-bond acceptors (Lipinski definition) is 3. The summed E-state index contributed by atoms with van der Waals surface area (Å²) < 4.78 is 17.6. The molecule has 1 amide bonds. The van der Waals surface area contributed by atoms with Crippen LogP contribution in [-0.2, 0) is 11.8 Å². The van der Waals surface area contributed by atoms with Gasteiger partial charge in [0.1, 0.15) is 11.6 Å². The molecule has 4 aromatic rings. The Kier molecular flexibility index (Phi) is 6.97. The zero-order chi connectivity index (χ0) is 26.9. The van der Waals surface area contributed by atoms with Gasteiger partial charge in [0.15, 0.2) is 0 Å². The summed E-state index contributed by atoms with van der Waals surface area (Å²) in [6, 6.07) is 14.4. The molecule has 1 heterocycles. The largest absolute Gasteiger partial charge is 0.507 e. The monoisotopic (exact) mass is 517 g/mol. The first-order chi connectivity index (χ1) is 17.4. The predicted octanol–water partition coefficient (Wildman–Crippen LogP) is 5.27. The van der Waals surface area contributed by atoms with Gasteiger partial charge in [-0.15, -0.1) is 0 Å². The molecule has 37 heavy (non-hydrogen) atoms. The van der Waals surface area contributed by atoms with Crippen LogP contribution >= 0.6 is 11.6 Å². The molecule has 0 aliphatic rings. The first-order valence-electron chi connectivity index (χ1n) is 11.4. The molecule has 1 aromatic heterocycles. The van der Waals surface area contributed by atoms with Gasteiger partial charge in [-0.1, -0.05) is 41.6 Å². The lowest BCUT2D eigenvalue weighted by Crippen LogP contribution is -2.40. The summed E-state index contributed by atoms with van der Waals surface area (Å²) >= 11 is 6.48. The zero-order valence-corrected chi connectivity index (χ0v) is 21.5. The van der Waals surface area contributed by atoms with Crippen molar-refractivity contribution in [3.8, 4) is 45.5 Å². The molecule has 0 spiro atoms. The van der Waals surface area contributed by atoms with Gasteiger partial charge in [-0.05, 0) is 61.4 Å². The van der Waals surface area contributed by atoms with E-state index in [0.717, 1.165) is 0 Å². The smallest absolute Gasteiger partial charge is 0.332 e. The van der Waals surface area contributed by atoms with Gasteiger partial charge in [-0.25, -0.2) is 9.18 Å². The quantitative estimate of drug-likeness (QED) is 0.362. The Morgan fingerprint density at radius 2 is 1.73 bits per heavy atom. The number of nitrogens with zero attached hydrogens (tertiary/aromatic N) is 2. The van der Waals surface area contributed by atoms with Gasteiger partial charge < -0.3 is 15.0 Å². The number of phenolic OH excluding ortho intramolecular Hbond substituents is 1. The van der Waals surface area contributed by atoms with Crippen molar-refractivity contribution < 1.29 is 14.3 Å². The molecule has 0 atom stereocenters. The van der Waals surface area contributed by atoms with Gasteiger partial charge in [0.05, 0.1) is 16.2 Å². The van der Waals surface area contributed by atoms with Crippen molar-refractivity contribution in [3.05, 3.63) is 93.9 Å². The molecule has 0 saturated heterocycles. The summed E-state index contributed by atoms with van der Waals surface area (Å²) in [5.41, 5.74) is 1.74. The van der Waals surface area contributed by atoms with Gasteiger partial charge in [-0.2, -0.15) is 0 Å². The fourth-order valence-corrected chi connectivity index (χ4v) is 4.29. The van der Waals surface area contributed by atoms with E-state index >= 15 is 0 Å². The molecule has 188 valence electrons. The van der Waals surface area contributed by atoms with E-state index in [1.165, 1.54) is 28.2 Å². The molecular weight excluding hydrogens is 493 g/mol. The first-order valence-corrected chi connectivity index (χ1v) is 11.8. The molecule has 0 aliphatic heterocycles. The Morgan fingerprint density at radius 3 is 2.32 bits per heavy atom. The Bertz CT molecular complexity index is 1640. The predicted molar refractivity (Wildman–Crippen MR) is 143 cm³/mol. The Balaban J connectivity index is 1.74. The van der Waals surface area contributed by atoms with Crippen LogP contribution in [-0.4, -0.2) is 25.7 Å². The first kappa shape index (κ1) is 25.8. The molecule has 0 bridgehead atoms. The third-order valence-corrected chi connectivity index (χ3v) is 6.02. The summed E-state index contributed by atoms with van der Waals surface area (Å²) in [4.78, 5) is 23.7. The van der Waals surface area contributed by atoms with E-state index in [9.17, 15) is 19.1 Å². The molecule has 0 unspecified atom stereocenters. The molecule has 0 radical (unpaired) electrons. The number of rotatable bonds is 4. The number of aryl methyl sites for hydroxylation is 1. The highest BCUT2D eigenvalue weighted by Crippen LogP contribution is 2.40. The summed E-state index contributed by atoms with van der Waals surface area (Å²) in [5.74, 6) is 5.21. The summed E-state index contributed by atoms with van der Waals surface area (Å²) in [7, 11) is 1.64. The number of imidazole rings is 1. The summed E-state index contributed by atoms with van der Waals surface area (Å²) in [5, 5.41) is 14.2. The lowest BCUT2D eigenvalue weighted by atomic mass is 9.95. The van der Waals surface area contributed by atoms with Crippen LogP contribution in [0.2, 0.25) is 5.02 Å². The van der Waals surface area contributed by atoms with Crippen molar-refractivity contribution in [2.45, 2.75) is 26.3 Å². The van der Waals surface area contributed by atoms with E-state index in [1.54, 1.807) is 75.8 Å². The van der Waals surface area contributed by atoms with E-state index in [4.69, 9.17) is 11.6 Å². The molecule has 0 fully saturated rings. The van der Waals surface area contributed by atoms with Gasteiger partial charge in [-0.3, -0.25) is 9.36 Å². The molecule has 6 nitrogen and oxygen atoms in total. The second-order valence-corrected chi connectivity index (χ2v) is 9.62. The third kappa shape index (κ3) is 5.60. The van der Waals surface area contributed by atoms with Crippen LogP contribution in [0, 0.1) is 17.7 Å². The SMILES string of the molecule is CC(=O)NC(C)(C)C#Cc1cccc(-c2cc(F)cc(-c3ccc(-n4ccn(C)c4=O)c(Cl)c3)c2O)c1. The molecule has 0 aliphatic carbocycles. The van der Waals surface area contributed by atoms with Crippen molar-refractivity contribution in [2.24, 2.45) is 7.05 Å². The number of halogens is 2. The summed E-state index contributed by atoms with van der Waals surface area (Å²) in [6.45, 7) is 5.01. The summed E-state index contributed by atoms with van der Waals surface area (Å²) in [6.07, 6.45) is 3.23. The fourth-order valence-electron chi connectivity index (χ4n) is 4.02. The lowest BCUT2D eigenvalue weighted by Gasteiger charge is -2.18. The van der Waals surface area contributed by atoms with Crippen LogP contribution in [0.1, 0.15) is 26.3 Å². The lowest BCUT2D eigenvalue weighted by molar-refractivity contribution is -0.119. The number of aromatic nitrogens is 2. The molecule has 0 saturated carbocycles. The normalized spacial score (nSPS) is 11.1. The van der Waals surface area contributed by atoms with Crippen LogP contribution in [0.25, 0.3) is 27.9 Å². The maximum Gasteiger partial charge on any atom is 0.332 e. The van der Waals surface area contributed by atoms with Crippen LogP contribution in [0.15, 0.2) is 71.8 Å². The van der Waals surface area contributed by atoms with Crippen LogP contribution < -0.4 is 11.0 Å². The molecule has 8 heteroatoms. The maximum atomic E-state index is 14.7. The Labute approximate surface area is 219 Å². The Morgan fingerprint density at radius 1 is 1.05 bits per heavy atom. The van der Waals surface area contributed by atoms with Crippen LogP contribution in [0.4, 0.5) is 4.39 Å². The minimum atomic E-state index is -0.730. The van der Waals surface area contributed by atoms with Crippen molar-refractivity contribution >= 4 is 17.5 Å². The minimum Gasteiger partial charge on any atom is -0.507 e. The Hall–Kier alpha value is -4.28. The van der Waals surface area contributed by atoms with Crippen molar-refractivity contribution in [2.75, 3.05) is 0 Å². The van der Waals surface area contributed by atoms with Gasteiger partial charge in [0, 0.05) is 43.1 Å². The average molecular weight is 518 g/mol. The average Bonchev–Trinajstić information content (AvgIpc) is 3.16. The number of hydrogen-bond donors (Lipinski definition) is 2. The number of phenols is 1. The number of benzene rings is 3. The highest BCUT2D eigenvalue weighted by atomic mass is 35.5. The van der Waals surface area contributed by atoms with Crippen molar-refractivity contribution in [3.63, 3.8) is 0 Å². The molecule has 2 N–H and O–H groups in total. The number of carbonyl (C=O) groups is 1. The van der Waals surface area contributed by atoms with E-state index in [0.29, 0.717) is 27.9 Å². The standard InChI is InChI=1S/C29H25ClFN3O3/c1-18(35)32-29(2,3)11-10-19-6-5-7-20(14-19)23-16-22(31)17-24(27(23)36)21-8-9-26(25(30)15-21)34-13-12-33(4)28(34)37/h5-9,12-17,36H,1-4H3,(H,32,35). The number of carbonyl (C=O) groups excluding carboxylic acids is 1. The van der Waals surface area contributed by atoms with Gasteiger partial charge >= 0.3 is 5.69 Å². The second-order valence-electron chi connectivity index (χ2n) is 9.21. The van der Waals surface area contributed by atoms with Crippen molar-refractivity contribution in [1.29, 1.82) is 0 Å². The van der Waals surface area contributed by atoms with E-state index in [2.05, 4.69) is 17.2 Å². The zero-order valence-electron chi connectivity index (χ0n) is 20.8. The third-order valence-electron chi connectivity index (χ3n) is 5.72. The molecular formula is C29H25ClFN3O3. The van der Waals surface area contributed by atoms with E-state index < -0.39 is 11.4 Å².